The molecule has 0 spiro atoms. The first-order valence-corrected chi connectivity index (χ1v) is 7.46. The Bertz CT molecular complexity index is 770. The molecular weight excluding hydrogens is 286 g/mol. The first-order chi connectivity index (χ1) is 11.3. The highest BCUT2D eigenvalue weighted by Crippen LogP contribution is 2.23. The van der Waals surface area contributed by atoms with Crippen LogP contribution in [0.25, 0.3) is 0 Å². The Balaban J connectivity index is 1.64. The quantitative estimate of drug-likeness (QED) is 0.744. The summed E-state index contributed by atoms with van der Waals surface area (Å²) < 4.78 is 5.77. The van der Waals surface area contributed by atoms with Crippen molar-refractivity contribution in [2.24, 2.45) is 0 Å². The van der Waals surface area contributed by atoms with Crippen LogP contribution in [0.15, 0.2) is 84.9 Å². The molecule has 0 unspecified atom stereocenters. The normalized spacial score (nSPS) is 10.1. The molecular formula is C20H17NO2. The summed E-state index contributed by atoms with van der Waals surface area (Å²) in [5.74, 6) is 1.40. The van der Waals surface area contributed by atoms with Gasteiger partial charge in [0.2, 0.25) is 5.91 Å². The molecule has 114 valence electrons. The van der Waals surface area contributed by atoms with Crippen LogP contribution in [0.5, 0.6) is 11.5 Å². The number of carbonyl (C=O) groups excluding carboxylic acids is 1. The number of para-hydroxylation sites is 1. The van der Waals surface area contributed by atoms with Gasteiger partial charge in [0.15, 0.2) is 0 Å². The van der Waals surface area contributed by atoms with E-state index in [0.29, 0.717) is 12.2 Å². The van der Waals surface area contributed by atoms with Gasteiger partial charge in [-0.25, -0.2) is 0 Å². The van der Waals surface area contributed by atoms with Crippen molar-refractivity contribution in [3.8, 4) is 11.5 Å². The lowest BCUT2D eigenvalue weighted by molar-refractivity contribution is -0.115. The molecule has 0 aromatic heterocycles. The molecule has 3 rings (SSSR count). The minimum atomic E-state index is -0.0481. The molecule has 0 radical (unpaired) electrons. The number of rotatable bonds is 5. The van der Waals surface area contributed by atoms with Crippen molar-refractivity contribution in [1.29, 1.82) is 0 Å². The van der Waals surface area contributed by atoms with Crippen LogP contribution in [0.1, 0.15) is 5.56 Å². The first kappa shape index (κ1) is 14.9. The van der Waals surface area contributed by atoms with E-state index >= 15 is 0 Å². The van der Waals surface area contributed by atoms with Crippen LogP contribution in [0.3, 0.4) is 0 Å². The van der Waals surface area contributed by atoms with Crippen molar-refractivity contribution in [1.82, 2.24) is 0 Å². The predicted molar refractivity (Wildman–Crippen MR) is 91.7 cm³/mol. The third-order valence-corrected chi connectivity index (χ3v) is 3.30. The van der Waals surface area contributed by atoms with Crippen LogP contribution in [-0.4, -0.2) is 5.91 Å². The zero-order valence-electron chi connectivity index (χ0n) is 12.6. The first-order valence-electron chi connectivity index (χ1n) is 7.46. The Morgan fingerprint density at radius 2 is 1.43 bits per heavy atom. The largest absolute Gasteiger partial charge is 0.457 e. The molecule has 1 amide bonds. The monoisotopic (exact) mass is 303 g/mol. The smallest absolute Gasteiger partial charge is 0.228 e. The van der Waals surface area contributed by atoms with E-state index in [1.807, 2.05) is 84.9 Å². The highest BCUT2D eigenvalue weighted by molar-refractivity contribution is 5.92. The lowest BCUT2D eigenvalue weighted by Gasteiger charge is -2.09. The van der Waals surface area contributed by atoms with E-state index in [9.17, 15) is 4.79 Å². The molecule has 0 fully saturated rings. The van der Waals surface area contributed by atoms with Crippen molar-refractivity contribution in [3.63, 3.8) is 0 Å². The lowest BCUT2D eigenvalue weighted by atomic mass is 10.1. The van der Waals surface area contributed by atoms with Crippen molar-refractivity contribution < 1.29 is 9.53 Å². The summed E-state index contributed by atoms with van der Waals surface area (Å²) in [6.07, 6.45) is 0.352. The maximum absolute atomic E-state index is 12.1. The van der Waals surface area contributed by atoms with Gasteiger partial charge in [-0.2, -0.15) is 0 Å². The highest BCUT2D eigenvalue weighted by Gasteiger charge is 2.05. The fourth-order valence-electron chi connectivity index (χ4n) is 2.25. The number of benzene rings is 3. The van der Waals surface area contributed by atoms with Gasteiger partial charge < -0.3 is 10.1 Å². The molecule has 0 saturated heterocycles. The average molecular weight is 303 g/mol. The molecule has 1 N–H and O–H groups in total. The summed E-state index contributed by atoms with van der Waals surface area (Å²) in [6.45, 7) is 0. The molecule has 3 nitrogen and oxygen atoms in total. The van der Waals surface area contributed by atoms with Crippen LogP contribution in [0.4, 0.5) is 5.69 Å². The zero-order valence-corrected chi connectivity index (χ0v) is 12.6. The van der Waals surface area contributed by atoms with E-state index in [2.05, 4.69) is 5.32 Å². The number of hydrogen-bond donors (Lipinski definition) is 1. The van der Waals surface area contributed by atoms with E-state index in [1.54, 1.807) is 0 Å². The zero-order chi connectivity index (χ0) is 15.9. The van der Waals surface area contributed by atoms with Gasteiger partial charge in [0, 0.05) is 11.8 Å². The summed E-state index contributed by atoms with van der Waals surface area (Å²) in [7, 11) is 0. The summed E-state index contributed by atoms with van der Waals surface area (Å²) in [5.41, 5.74) is 1.71. The molecule has 0 aliphatic heterocycles. The molecule has 0 heterocycles. The number of anilines is 1. The molecule has 23 heavy (non-hydrogen) atoms. The van der Waals surface area contributed by atoms with Gasteiger partial charge in [0.1, 0.15) is 11.5 Å². The summed E-state index contributed by atoms with van der Waals surface area (Å²) in [5, 5.41) is 2.90. The summed E-state index contributed by atoms with van der Waals surface area (Å²) in [6, 6.07) is 26.6. The lowest BCUT2D eigenvalue weighted by Crippen LogP contribution is -2.14. The molecule has 0 bridgehead atoms. The Labute approximate surface area is 135 Å². The van der Waals surface area contributed by atoms with Crippen LogP contribution in [0.2, 0.25) is 0 Å². The van der Waals surface area contributed by atoms with E-state index < -0.39 is 0 Å². The van der Waals surface area contributed by atoms with Crippen LogP contribution in [0, 0.1) is 0 Å². The highest BCUT2D eigenvalue weighted by atomic mass is 16.5. The van der Waals surface area contributed by atoms with Gasteiger partial charge >= 0.3 is 0 Å². The number of ether oxygens (including phenoxy) is 1. The van der Waals surface area contributed by atoms with Crippen molar-refractivity contribution in [2.45, 2.75) is 6.42 Å². The molecule has 0 aliphatic rings. The van der Waals surface area contributed by atoms with E-state index in [-0.39, 0.29) is 5.91 Å². The second-order valence-electron chi connectivity index (χ2n) is 5.15. The second kappa shape index (κ2) is 7.27. The van der Waals surface area contributed by atoms with Gasteiger partial charge in [-0.05, 0) is 29.8 Å². The number of amides is 1. The van der Waals surface area contributed by atoms with Gasteiger partial charge in [-0.3, -0.25) is 4.79 Å². The van der Waals surface area contributed by atoms with Gasteiger partial charge in [-0.1, -0.05) is 54.6 Å². The Hall–Kier alpha value is -3.07. The Morgan fingerprint density at radius 3 is 2.17 bits per heavy atom. The van der Waals surface area contributed by atoms with Crippen molar-refractivity contribution >= 4 is 11.6 Å². The van der Waals surface area contributed by atoms with Crippen molar-refractivity contribution in [3.05, 3.63) is 90.5 Å². The van der Waals surface area contributed by atoms with Crippen molar-refractivity contribution in [2.75, 3.05) is 5.32 Å². The molecule has 0 atom stereocenters. The van der Waals surface area contributed by atoms with Gasteiger partial charge in [-0.15, -0.1) is 0 Å². The fraction of sp³-hybridized carbons (Fsp3) is 0.0500. The maximum atomic E-state index is 12.1. The second-order valence-corrected chi connectivity index (χ2v) is 5.15. The average Bonchev–Trinajstić information content (AvgIpc) is 2.57. The summed E-state index contributed by atoms with van der Waals surface area (Å²) >= 11 is 0. The third-order valence-electron chi connectivity index (χ3n) is 3.30. The Morgan fingerprint density at radius 1 is 0.783 bits per heavy atom. The molecule has 0 aliphatic carbocycles. The van der Waals surface area contributed by atoms with E-state index in [4.69, 9.17) is 4.74 Å². The van der Waals surface area contributed by atoms with Gasteiger partial charge in [0.25, 0.3) is 0 Å². The SMILES string of the molecule is O=C(Cc1ccccc1)Nc1cccc(Oc2ccccc2)c1. The maximum Gasteiger partial charge on any atom is 0.228 e. The number of nitrogens with one attached hydrogen (secondary N) is 1. The van der Waals surface area contributed by atoms with Crippen LogP contribution >= 0.6 is 0 Å². The molecule has 0 saturated carbocycles. The van der Waals surface area contributed by atoms with E-state index in [0.717, 1.165) is 17.0 Å². The fourth-order valence-corrected chi connectivity index (χ4v) is 2.25. The molecule has 3 aromatic carbocycles. The summed E-state index contributed by atoms with van der Waals surface area (Å²) in [4.78, 5) is 12.1. The predicted octanol–water partition coefficient (Wildman–Crippen LogP) is 4.66. The number of carbonyl (C=O) groups is 1. The number of hydrogen-bond acceptors (Lipinski definition) is 2. The molecule has 3 heteroatoms. The third kappa shape index (κ3) is 4.45. The Kier molecular flexibility index (Phi) is 4.69. The van der Waals surface area contributed by atoms with Gasteiger partial charge in [0.05, 0.1) is 6.42 Å². The molecule has 3 aromatic rings. The van der Waals surface area contributed by atoms with E-state index in [1.165, 1.54) is 0 Å². The minimum absolute atomic E-state index is 0.0481. The van der Waals surface area contributed by atoms with Crippen LogP contribution in [-0.2, 0) is 11.2 Å². The topological polar surface area (TPSA) is 38.3 Å². The minimum Gasteiger partial charge on any atom is -0.457 e. The van der Waals surface area contributed by atoms with Crippen LogP contribution < -0.4 is 10.1 Å². The standard InChI is InChI=1S/C20H17NO2/c22-20(14-16-8-3-1-4-9-16)21-17-10-7-13-19(15-17)23-18-11-5-2-6-12-18/h1-13,15H,14H2,(H,21,22).